The fourth-order valence-corrected chi connectivity index (χ4v) is 0.690. The Labute approximate surface area is 84.5 Å². The fraction of sp³-hybridized carbons (Fsp3) is 0.889. The normalized spacial score (nSPS) is 12.8. The molecule has 0 aromatic heterocycles. The summed E-state index contributed by atoms with van der Waals surface area (Å²) in [6, 6.07) is -0.519. The van der Waals surface area contributed by atoms with Crippen LogP contribution in [0.15, 0.2) is 0 Å². The van der Waals surface area contributed by atoms with Crippen LogP contribution in [0.5, 0.6) is 0 Å². The molecule has 1 atom stereocenters. The van der Waals surface area contributed by atoms with Gasteiger partial charge < -0.3 is 19.9 Å². The third-order valence-electron chi connectivity index (χ3n) is 1.62. The maximum Gasteiger partial charge on any atom is 0.148 e. The van der Waals surface area contributed by atoms with E-state index in [4.69, 9.17) is 19.9 Å². The van der Waals surface area contributed by atoms with E-state index in [1.165, 1.54) is 6.92 Å². The Morgan fingerprint density at radius 3 is 2.36 bits per heavy atom. The number of nitrogens with two attached hydrogens (primary N) is 1. The van der Waals surface area contributed by atoms with Crippen molar-refractivity contribution in [3.8, 4) is 0 Å². The zero-order chi connectivity index (χ0) is 10.8. The van der Waals surface area contributed by atoms with E-state index in [0.717, 1.165) is 0 Å². The summed E-state index contributed by atoms with van der Waals surface area (Å²) in [6.07, 6.45) is 0. The molecule has 0 fully saturated rings. The van der Waals surface area contributed by atoms with E-state index >= 15 is 0 Å². The second-order valence-electron chi connectivity index (χ2n) is 2.90. The van der Waals surface area contributed by atoms with Gasteiger partial charge in [-0.3, -0.25) is 4.79 Å². The molecule has 0 amide bonds. The van der Waals surface area contributed by atoms with Crippen LogP contribution in [-0.2, 0) is 19.0 Å². The second kappa shape index (κ2) is 9.08. The first-order valence-electron chi connectivity index (χ1n) is 4.59. The van der Waals surface area contributed by atoms with E-state index in [1.54, 1.807) is 7.11 Å². The summed E-state index contributed by atoms with van der Waals surface area (Å²) in [7, 11) is 1.62. The smallest absolute Gasteiger partial charge is 0.148 e. The summed E-state index contributed by atoms with van der Waals surface area (Å²) in [5, 5.41) is 0. The molecule has 0 aromatic rings. The molecule has 0 unspecified atom stereocenters. The Bertz CT molecular complexity index is 152. The zero-order valence-electron chi connectivity index (χ0n) is 8.82. The van der Waals surface area contributed by atoms with Crippen LogP contribution in [0, 0.1) is 0 Å². The third-order valence-corrected chi connectivity index (χ3v) is 1.62. The van der Waals surface area contributed by atoms with Crippen LogP contribution in [0.25, 0.3) is 0 Å². The standard InChI is InChI=1S/C9H19NO4/c1-8(11)9(10)7-14-6-5-13-4-3-12-2/h9H,3-7,10H2,1-2H3/t9-/m0/s1. The highest BCUT2D eigenvalue weighted by molar-refractivity contribution is 5.81. The van der Waals surface area contributed by atoms with Gasteiger partial charge in [-0.1, -0.05) is 0 Å². The van der Waals surface area contributed by atoms with Gasteiger partial charge in [0.15, 0.2) is 0 Å². The van der Waals surface area contributed by atoms with Crippen molar-refractivity contribution in [2.45, 2.75) is 13.0 Å². The Morgan fingerprint density at radius 1 is 1.21 bits per heavy atom. The van der Waals surface area contributed by atoms with Gasteiger partial charge in [0, 0.05) is 7.11 Å². The third kappa shape index (κ3) is 8.12. The monoisotopic (exact) mass is 205 g/mol. The highest BCUT2D eigenvalue weighted by Crippen LogP contribution is 1.85. The van der Waals surface area contributed by atoms with E-state index < -0.39 is 6.04 Å². The summed E-state index contributed by atoms with van der Waals surface area (Å²) in [4.78, 5) is 10.7. The first kappa shape index (κ1) is 13.5. The van der Waals surface area contributed by atoms with Gasteiger partial charge >= 0.3 is 0 Å². The summed E-state index contributed by atoms with van der Waals surface area (Å²) in [5.74, 6) is -0.0645. The van der Waals surface area contributed by atoms with Crippen molar-refractivity contribution in [1.29, 1.82) is 0 Å². The minimum Gasteiger partial charge on any atom is -0.382 e. The number of Topliss-reactive ketones (excluding diaryl/α,β-unsaturated/α-hetero) is 1. The highest BCUT2D eigenvalue weighted by Gasteiger charge is 2.06. The van der Waals surface area contributed by atoms with Crippen molar-refractivity contribution in [2.75, 3.05) is 40.1 Å². The molecule has 5 heteroatoms. The van der Waals surface area contributed by atoms with E-state index in [2.05, 4.69) is 0 Å². The minimum atomic E-state index is -0.519. The predicted molar refractivity (Wildman–Crippen MR) is 52.2 cm³/mol. The van der Waals surface area contributed by atoms with Crippen LogP contribution in [0.4, 0.5) is 0 Å². The number of methoxy groups -OCH3 is 1. The Kier molecular flexibility index (Phi) is 8.76. The van der Waals surface area contributed by atoms with Gasteiger partial charge in [-0.2, -0.15) is 0 Å². The topological polar surface area (TPSA) is 70.8 Å². The van der Waals surface area contributed by atoms with Crippen LogP contribution >= 0.6 is 0 Å². The first-order valence-corrected chi connectivity index (χ1v) is 4.59. The molecule has 84 valence electrons. The summed E-state index contributed by atoms with van der Waals surface area (Å²) >= 11 is 0. The SMILES string of the molecule is COCCOCCOC[C@H](N)C(C)=O. The number of rotatable bonds is 9. The quantitative estimate of drug-likeness (QED) is 0.518. The van der Waals surface area contributed by atoms with E-state index in [9.17, 15) is 4.79 Å². The number of carbonyl (C=O) groups is 1. The molecular weight excluding hydrogens is 186 g/mol. The van der Waals surface area contributed by atoms with Crippen LogP contribution in [0.2, 0.25) is 0 Å². The van der Waals surface area contributed by atoms with Crippen molar-refractivity contribution < 1.29 is 19.0 Å². The molecule has 0 aliphatic rings. The number of ether oxygens (including phenoxy) is 3. The van der Waals surface area contributed by atoms with Crippen LogP contribution in [-0.4, -0.2) is 52.0 Å². The lowest BCUT2D eigenvalue weighted by molar-refractivity contribution is -0.119. The van der Waals surface area contributed by atoms with Crippen LogP contribution in [0.1, 0.15) is 6.92 Å². The van der Waals surface area contributed by atoms with Crippen molar-refractivity contribution in [3.05, 3.63) is 0 Å². The van der Waals surface area contributed by atoms with Gasteiger partial charge in [0.2, 0.25) is 0 Å². The number of carbonyl (C=O) groups excluding carboxylic acids is 1. The summed E-state index contributed by atoms with van der Waals surface area (Å²) in [5.41, 5.74) is 5.44. The Morgan fingerprint density at radius 2 is 1.79 bits per heavy atom. The second-order valence-corrected chi connectivity index (χ2v) is 2.90. The summed E-state index contributed by atoms with van der Waals surface area (Å²) < 4.78 is 15.1. The maximum atomic E-state index is 10.7. The summed E-state index contributed by atoms with van der Waals surface area (Å²) in [6.45, 7) is 3.77. The van der Waals surface area contributed by atoms with Gasteiger partial charge in [0.05, 0.1) is 39.1 Å². The van der Waals surface area contributed by atoms with Crippen molar-refractivity contribution in [2.24, 2.45) is 5.73 Å². The average Bonchev–Trinajstić information content (AvgIpc) is 2.16. The van der Waals surface area contributed by atoms with Gasteiger partial charge in [-0.05, 0) is 6.92 Å². The Hall–Kier alpha value is -0.490. The lowest BCUT2D eigenvalue weighted by Gasteiger charge is -2.08. The van der Waals surface area contributed by atoms with Crippen LogP contribution < -0.4 is 5.73 Å². The predicted octanol–water partition coefficient (Wildman–Crippen LogP) is -0.418. The van der Waals surface area contributed by atoms with E-state index in [1.807, 2.05) is 0 Å². The molecule has 0 bridgehead atoms. The highest BCUT2D eigenvalue weighted by atomic mass is 16.5. The zero-order valence-corrected chi connectivity index (χ0v) is 8.82. The van der Waals surface area contributed by atoms with Gasteiger partial charge in [-0.25, -0.2) is 0 Å². The molecule has 0 rings (SSSR count). The molecule has 0 aliphatic carbocycles. The molecule has 0 spiro atoms. The fourth-order valence-electron chi connectivity index (χ4n) is 0.690. The molecule has 0 saturated heterocycles. The molecule has 2 N–H and O–H groups in total. The minimum absolute atomic E-state index is 0.0645. The largest absolute Gasteiger partial charge is 0.382 e. The number of hydrogen-bond donors (Lipinski definition) is 1. The molecule has 0 aliphatic heterocycles. The van der Waals surface area contributed by atoms with Crippen LogP contribution in [0.3, 0.4) is 0 Å². The van der Waals surface area contributed by atoms with Gasteiger partial charge in [0.1, 0.15) is 5.78 Å². The van der Waals surface area contributed by atoms with E-state index in [0.29, 0.717) is 26.4 Å². The molecule has 0 aromatic carbocycles. The molecule has 14 heavy (non-hydrogen) atoms. The maximum absolute atomic E-state index is 10.7. The molecule has 0 radical (unpaired) electrons. The average molecular weight is 205 g/mol. The molecule has 0 saturated carbocycles. The molecule has 0 heterocycles. The van der Waals surface area contributed by atoms with Gasteiger partial charge in [0.25, 0.3) is 0 Å². The van der Waals surface area contributed by atoms with E-state index in [-0.39, 0.29) is 12.4 Å². The number of ketones is 1. The molecular formula is C9H19NO4. The van der Waals surface area contributed by atoms with Gasteiger partial charge in [-0.15, -0.1) is 0 Å². The lowest BCUT2D eigenvalue weighted by Crippen LogP contribution is -2.33. The lowest BCUT2D eigenvalue weighted by atomic mass is 10.2. The van der Waals surface area contributed by atoms with Crippen molar-refractivity contribution in [3.63, 3.8) is 0 Å². The van der Waals surface area contributed by atoms with Crippen molar-refractivity contribution in [1.82, 2.24) is 0 Å². The first-order chi connectivity index (χ1) is 6.68. The number of hydrogen-bond acceptors (Lipinski definition) is 5. The Balaban J connectivity index is 3.09. The van der Waals surface area contributed by atoms with Crippen molar-refractivity contribution >= 4 is 5.78 Å². The molecule has 5 nitrogen and oxygen atoms in total.